The van der Waals surface area contributed by atoms with E-state index in [4.69, 9.17) is 18.9 Å². The summed E-state index contributed by atoms with van der Waals surface area (Å²) in [5, 5.41) is 0. The van der Waals surface area contributed by atoms with Gasteiger partial charge in [-0.1, -0.05) is 36.9 Å². The van der Waals surface area contributed by atoms with Gasteiger partial charge in [0.1, 0.15) is 0 Å². The minimum Gasteiger partial charge on any atom is -0.382 e. The predicted octanol–water partition coefficient (Wildman–Crippen LogP) is 4.98. The van der Waals surface area contributed by atoms with Gasteiger partial charge in [-0.2, -0.15) is 0 Å². The lowest BCUT2D eigenvalue weighted by molar-refractivity contribution is -0.0736. The van der Waals surface area contributed by atoms with Gasteiger partial charge in [-0.3, -0.25) is 0 Å². The van der Waals surface area contributed by atoms with Gasteiger partial charge in [0.25, 0.3) is 0 Å². The molecular weight excluding hydrogens is 340 g/mol. The summed E-state index contributed by atoms with van der Waals surface area (Å²) in [5.41, 5.74) is 4.57. The van der Waals surface area contributed by atoms with Crippen molar-refractivity contribution >= 4 is 11.1 Å². The molecule has 0 aliphatic carbocycles. The van der Waals surface area contributed by atoms with Gasteiger partial charge in [0, 0.05) is 7.11 Å². The first-order valence-electron chi connectivity index (χ1n) is 9.62. The summed E-state index contributed by atoms with van der Waals surface area (Å²) in [7, 11) is 1.67. The van der Waals surface area contributed by atoms with E-state index in [1.807, 2.05) is 27.7 Å². The lowest BCUT2D eigenvalue weighted by Gasteiger charge is -2.20. The summed E-state index contributed by atoms with van der Waals surface area (Å²) in [6.07, 6.45) is 2.19. The highest BCUT2D eigenvalue weighted by molar-refractivity contribution is 5.69. The fraction of sp³-hybridized carbons (Fsp3) is 0.565. The quantitative estimate of drug-likeness (QED) is 0.486. The average molecular weight is 377 g/mol. The molecule has 3 unspecified atom stereocenters. The highest BCUT2D eigenvalue weighted by Crippen LogP contribution is 2.19. The highest BCUT2D eigenvalue weighted by atomic mass is 16.6. The van der Waals surface area contributed by atoms with Crippen molar-refractivity contribution < 1.29 is 18.9 Å². The number of rotatable bonds is 13. The molecule has 1 rings (SSSR count). The first kappa shape index (κ1) is 23.6. The third kappa shape index (κ3) is 9.34. The third-order valence-electron chi connectivity index (χ3n) is 4.36. The van der Waals surface area contributed by atoms with Crippen LogP contribution in [0.25, 0.3) is 11.1 Å². The van der Waals surface area contributed by atoms with Crippen molar-refractivity contribution in [3.8, 4) is 0 Å². The van der Waals surface area contributed by atoms with Gasteiger partial charge in [0.2, 0.25) is 0 Å². The molecule has 0 aliphatic rings. The van der Waals surface area contributed by atoms with Gasteiger partial charge < -0.3 is 18.9 Å². The van der Waals surface area contributed by atoms with Crippen molar-refractivity contribution in [3.63, 3.8) is 0 Å². The van der Waals surface area contributed by atoms with Crippen molar-refractivity contribution in [2.24, 2.45) is 0 Å². The van der Waals surface area contributed by atoms with Crippen LogP contribution in [0.3, 0.4) is 0 Å². The monoisotopic (exact) mass is 376 g/mol. The third-order valence-corrected chi connectivity index (χ3v) is 4.36. The molecule has 27 heavy (non-hydrogen) atoms. The Hall–Kier alpha value is -1.46. The SMILES string of the molecule is C=C(COC(C)COC(C)COC(C)COC)c1ccc(/C(C)=C/C)cc1. The zero-order valence-corrected chi connectivity index (χ0v) is 17.8. The summed E-state index contributed by atoms with van der Waals surface area (Å²) in [5.74, 6) is 0. The molecule has 0 fully saturated rings. The van der Waals surface area contributed by atoms with Crippen LogP contribution in [0, 0.1) is 0 Å². The molecule has 0 bridgehead atoms. The Morgan fingerprint density at radius 1 is 0.889 bits per heavy atom. The number of hydrogen-bond donors (Lipinski definition) is 0. The molecule has 0 amide bonds. The normalized spacial score (nSPS) is 15.4. The van der Waals surface area contributed by atoms with E-state index in [2.05, 4.69) is 43.8 Å². The lowest BCUT2D eigenvalue weighted by Crippen LogP contribution is -2.26. The molecular formula is C23H36O4. The number of hydrogen-bond acceptors (Lipinski definition) is 4. The second kappa shape index (κ2) is 12.8. The second-order valence-electron chi connectivity index (χ2n) is 7.02. The number of allylic oxidation sites excluding steroid dienone is 2. The summed E-state index contributed by atoms with van der Waals surface area (Å²) in [4.78, 5) is 0. The van der Waals surface area contributed by atoms with E-state index in [1.165, 1.54) is 11.1 Å². The average Bonchev–Trinajstić information content (AvgIpc) is 2.68. The topological polar surface area (TPSA) is 36.9 Å². The molecule has 4 nitrogen and oxygen atoms in total. The first-order chi connectivity index (χ1) is 12.9. The van der Waals surface area contributed by atoms with Gasteiger partial charge in [0.05, 0.1) is 44.7 Å². The van der Waals surface area contributed by atoms with Gasteiger partial charge in [-0.25, -0.2) is 0 Å². The Balaban J connectivity index is 2.31. The number of benzene rings is 1. The van der Waals surface area contributed by atoms with Crippen molar-refractivity contribution in [1.82, 2.24) is 0 Å². The van der Waals surface area contributed by atoms with E-state index in [1.54, 1.807) is 7.11 Å². The smallest absolute Gasteiger partial charge is 0.0785 e. The molecule has 0 saturated heterocycles. The number of methoxy groups -OCH3 is 1. The molecule has 0 aromatic heterocycles. The molecule has 0 N–H and O–H groups in total. The fourth-order valence-electron chi connectivity index (χ4n) is 2.44. The van der Waals surface area contributed by atoms with Gasteiger partial charge in [-0.15, -0.1) is 0 Å². The molecule has 0 saturated carbocycles. The molecule has 0 aliphatic heterocycles. The molecule has 3 atom stereocenters. The summed E-state index contributed by atoms with van der Waals surface area (Å²) in [6.45, 7) is 16.4. The maximum atomic E-state index is 5.87. The molecule has 152 valence electrons. The van der Waals surface area contributed by atoms with Crippen LogP contribution < -0.4 is 0 Å². The largest absolute Gasteiger partial charge is 0.382 e. The standard InChI is InChI=1S/C23H36O4/c1-8-17(2)22-9-11-23(12-10-22)18(3)13-25-20(5)15-27-21(6)16-26-19(4)14-24-7/h8-12,19-21H,3,13-16H2,1-2,4-7H3/b17-8+. The molecule has 0 heterocycles. The van der Waals surface area contributed by atoms with Gasteiger partial charge in [-0.05, 0) is 56.9 Å². The maximum absolute atomic E-state index is 5.87. The van der Waals surface area contributed by atoms with Crippen LogP contribution in [0.15, 0.2) is 36.9 Å². The molecule has 1 aromatic carbocycles. The van der Waals surface area contributed by atoms with E-state index in [0.29, 0.717) is 26.4 Å². The summed E-state index contributed by atoms with van der Waals surface area (Å²) in [6, 6.07) is 8.43. The minimum absolute atomic E-state index is 0.00913. The summed E-state index contributed by atoms with van der Waals surface area (Å²) >= 11 is 0. The van der Waals surface area contributed by atoms with Crippen LogP contribution in [-0.2, 0) is 18.9 Å². The van der Waals surface area contributed by atoms with Crippen molar-refractivity contribution in [1.29, 1.82) is 0 Å². The Kier molecular flexibility index (Phi) is 11.2. The zero-order chi connectivity index (χ0) is 20.2. The zero-order valence-electron chi connectivity index (χ0n) is 17.8. The highest BCUT2D eigenvalue weighted by Gasteiger charge is 2.10. The lowest BCUT2D eigenvalue weighted by atomic mass is 10.0. The Morgan fingerprint density at radius 3 is 1.89 bits per heavy atom. The first-order valence-corrected chi connectivity index (χ1v) is 9.62. The van der Waals surface area contributed by atoms with E-state index < -0.39 is 0 Å². The van der Waals surface area contributed by atoms with E-state index in [9.17, 15) is 0 Å². The van der Waals surface area contributed by atoms with E-state index in [-0.39, 0.29) is 18.3 Å². The Labute approximate surface area is 165 Å². The van der Waals surface area contributed by atoms with Crippen molar-refractivity contribution in [3.05, 3.63) is 48.0 Å². The maximum Gasteiger partial charge on any atom is 0.0785 e. The molecule has 0 spiro atoms. The fourth-order valence-corrected chi connectivity index (χ4v) is 2.44. The number of ether oxygens (including phenoxy) is 4. The second-order valence-corrected chi connectivity index (χ2v) is 7.02. The van der Waals surface area contributed by atoms with Crippen LogP contribution in [0.4, 0.5) is 0 Å². The van der Waals surface area contributed by atoms with Crippen LogP contribution in [0.2, 0.25) is 0 Å². The Bertz CT molecular complexity index is 577. The summed E-state index contributed by atoms with van der Waals surface area (Å²) < 4.78 is 22.4. The van der Waals surface area contributed by atoms with Crippen molar-refractivity contribution in [2.75, 3.05) is 33.5 Å². The predicted molar refractivity (Wildman–Crippen MR) is 113 cm³/mol. The van der Waals surface area contributed by atoms with Gasteiger partial charge >= 0.3 is 0 Å². The molecule has 4 heteroatoms. The van der Waals surface area contributed by atoms with Gasteiger partial charge in [0.15, 0.2) is 0 Å². The van der Waals surface area contributed by atoms with E-state index >= 15 is 0 Å². The molecule has 1 aromatic rings. The van der Waals surface area contributed by atoms with E-state index in [0.717, 1.165) is 11.1 Å². The van der Waals surface area contributed by atoms with Crippen LogP contribution in [-0.4, -0.2) is 51.8 Å². The van der Waals surface area contributed by atoms with Crippen LogP contribution in [0.5, 0.6) is 0 Å². The molecule has 0 radical (unpaired) electrons. The minimum atomic E-state index is -0.00913. The Morgan fingerprint density at radius 2 is 1.37 bits per heavy atom. The van der Waals surface area contributed by atoms with Crippen LogP contribution in [0.1, 0.15) is 45.7 Å². The van der Waals surface area contributed by atoms with Crippen molar-refractivity contribution in [2.45, 2.75) is 52.9 Å². The van der Waals surface area contributed by atoms with Crippen LogP contribution >= 0.6 is 0 Å².